The molecule has 138 valence electrons. The number of fused-ring (bicyclic) bond motifs is 2. The molecule has 1 aromatic carbocycles. The SMILES string of the molecule is Cl.O=C(N1C2CCNCC1CC2)C1(c2cccc(Cl)c2)CCOCC1. The van der Waals surface area contributed by atoms with Crippen molar-refractivity contribution in [2.75, 3.05) is 26.3 Å². The number of amides is 1. The quantitative estimate of drug-likeness (QED) is 0.851. The smallest absolute Gasteiger partial charge is 0.233 e. The van der Waals surface area contributed by atoms with Crippen molar-refractivity contribution >= 4 is 29.9 Å². The van der Waals surface area contributed by atoms with E-state index in [0.29, 0.717) is 36.2 Å². The van der Waals surface area contributed by atoms with Crippen LogP contribution in [0.25, 0.3) is 0 Å². The minimum atomic E-state index is -0.478. The Morgan fingerprint density at radius 3 is 2.72 bits per heavy atom. The predicted molar refractivity (Wildman–Crippen MR) is 102 cm³/mol. The summed E-state index contributed by atoms with van der Waals surface area (Å²) < 4.78 is 5.59. The molecular weight excluding hydrogens is 359 g/mol. The van der Waals surface area contributed by atoms with E-state index in [0.717, 1.165) is 50.8 Å². The molecule has 0 saturated carbocycles. The molecule has 1 amide bonds. The van der Waals surface area contributed by atoms with E-state index < -0.39 is 5.41 Å². The Bertz CT molecular complexity index is 605. The third kappa shape index (κ3) is 3.42. The molecule has 2 unspecified atom stereocenters. The van der Waals surface area contributed by atoms with Gasteiger partial charge in [0.15, 0.2) is 0 Å². The van der Waals surface area contributed by atoms with Crippen LogP contribution < -0.4 is 5.32 Å². The molecule has 2 bridgehead atoms. The first kappa shape index (κ1) is 19.0. The Balaban J connectivity index is 0.00000182. The van der Waals surface area contributed by atoms with Crippen molar-refractivity contribution < 1.29 is 9.53 Å². The van der Waals surface area contributed by atoms with Gasteiger partial charge in [-0.1, -0.05) is 23.7 Å². The van der Waals surface area contributed by atoms with Crippen molar-refractivity contribution in [3.05, 3.63) is 34.9 Å². The Morgan fingerprint density at radius 2 is 1.96 bits per heavy atom. The van der Waals surface area contributed by atoms with Gasteiger partial charge >= 0.3 is 0 Å². The van der Waals surface area contributed by atoms with Crippen LogP contribution in [0.5, 0.6) is 0 Å². The normalized spacial score (nSPS) is 28.1. The minimum absolute atomic E-state index is 0. The number of hydrogen-bond acceptors (Lipinski definition) is 3. The molecule has 4 nitrogen and oxygen atoms in total. The Kier molecular flexibility index (Phi) is 5.94. The van der Waals surface area contributed by atoms with Gasteiger partial charge in [-0.05, 0) is 56.3 Å². The van der Waals surface area contributed by atoms with Crippen molar-refractivity contribution in [3.63, 3.8) is 0 Å². The zero-order chi connectivity index (χ0) is 16.6. The van der Waals surface area contributed by atoms with Gasteiger partial charge in [-0.2, -0.15) is 0 Å². The van der Waals surface area contributed by atoms with E-state index in [1.807, 2.05) is 18.2 Å². The molecule has 3 heterocycles. The lowest BCUT2D eigenvalue weighted by Gasteiger charge is -2.42. The molecule has 3 saturated heterocycles. The Hall–Kier alpha value is -0.810. The second-order valence-corrected chi connectivity index (χ2v) is 7.73. The summed E-state index contributed by atoms with van der Waals surface area (Å²) in [6.07, 6.45) is 4.81. The minimum Gasteiger partial charge on any atom is -0.381 e. The third-order valence-corrected chi connectivity index (χ3v) is 6.26. The lowest BCUT2D eigenvalue weighted by Crippen LogP contribution is -2.54. The van der Waals surface area contributed by atoms with Gasteiger partial charge in [-0.3, -0.25) is 4.79 Å². The third-order valence-electron chi connectivity index (χ3n) is 6.02. The number of ether oxygens (including phenoxy) is 1. The molecule has 1 aromatic rings. The molecule has 6 heteroatoms. The van der Waals surface area contributed by atoms with Crippen molar-refractivity contribution in [2.24, 2.45) is 0 Å². The van der Waals surface area contributed by atoms with Gasteiger partial charge in [-0.15, -0.1) is 12.4 Å². The predicted octanol–water partition coefficient (Wildman–Crippen LogP) is 3.16. The van der Waals surface area contributed by atoms with Crippen LogP contribution in [0.3, 0.4) is 0 Å². The molecule has 3 aliphatic rings. The standard InChI is InChI=1S/C19H25ClN2O2.ClH/c20-15-3-1-2-14(12-15)19(7-10-24-11-8-19)18(23)22-16-4-5-17(22)13-21-9-6-16;/h1-3,12,16-17,21H,4-11,13H2;1H. The largest absolute Gasteiger partial charge is 0.381 e. The van der Waals surface area contributed by atoms with Crippen molar-refractivity contribution in [1.82, 2.24) is 10.2 Å². The van der Waals surface area contributed by atoms with Crippen molar-refractivity contribution in [3.8, 4) is 0 Å². The van der Waals surface area contributed by atoms with Crippen LogP contribution in [-0.2, 0) is 14.9 Å². The fourth-order valence-electron chi connectivity index (χ4n) is 4.69. The van der Waals surface area contributed by atoms with E-state index in [1.165, 1.54) is 0 Å². The molecule has 0 radical (unpaired) electrons. The molecule has 0 aliphatic carbocycles. The summed E-state index contributed by atoms with van der Waals surface area (Å²) in [6, 6.07) is 8.60. The summed E-state index contributed by atoms with van der Waals surface area (Å²) >= 11 is 6.25. The highest BCUT2D eigenvalue weighted by Gasteiger charge is 2.49. The monoisotopic (exact) mass is 384 g/mol. The van der Waals surface area contributed by atoms with E-state index in [2.05, 4.69) is 16.3 Å². The first-order chi connectivity index (χ1) is 11.7. The zero-order valence-corrected chi connectivity index (χ0v) is 16.0. The number of hydrogen-bond donors (Lipinski definition) is 1. The second kappa shape index (κ2) is 7.83. The van der Waals surface area contributed by atoms with Gasteiger partial charge < -0.3 is 15.0 Å². The molecular formula is C19H26Cl2N2O2. The number of rotatable bonds is 2. The van der Waals surface area contributed by atoms with Gasteiger partial charge in [0, 0.05) is 36.9 Å². The molecule has 4 rings (SSSR count). The van der Waals surface area contributed by atoms with Gasteiger partial charge in [-0.25, -0.2) is 0 Å². The average molecular weight is 385 g/mol. The molecule has 1 N–H and O–H groups in total. The lowest BCUT2D eigenvalue weighted by molar-refractivity contribution is -0.144. The lowest BCUT2D eigenvalue weighted by atomic mass is 9.72. The number of halogens is 2. The number of nitrogens with one attached hydrogen (secondary N) is 1. The van der Waals surface area contributed by atoms with Gasteiger partial charge in [0.1, 0.15) is 0 Å². The van der Waals surface area contributed by atoms with Crippen LogP contribution in [-0.4, -0.2) is 49.2 Å². The highest BCUT2D eigenvalue weighted by Crippen LogP contribution is 2.41. The Labute approximate surface area is 160 Å². The summed E-state index contributed by atoms with van der Waals surface area (Å²) in [5.41, 5.74) is 0.578. The number of benzene rings is 1. The number of nitrogens with zero attached hydrogens (tertiary/aromatic N) is 1. The number of carbonyl (C=O) groups is 1. The van der Waals surface area contributed by atoms with Crippen LogP contribution >= 0.6 is 24.0 Å². The van der Waals surface area contributed by atoms with E-state index in [4.69, 9.17) is 16.3 Å². The van der Waals surface area contributed by atoms with E-state index in [9.17, 15) is 4.79 Å². The molecule has 3 fully saturated rings. The van der Waals surface area contributed by atoms with Gasteiger partial charge in [0.25, 0.3) is 0 Å². The molecule has 3 aliphatic heterocycles. The van der Waals surface area contributed by atoms with Crippen molar-refractivity contribution in [2.45, 2.75) is 49.6 Å². The molecule has 0 spiro atoms. The van der Waals surface area contributed by atoms with E-state index >= 15 is 0 Å². The van der Waals surface area contributed by atoms with E-state index in [-0.39, 0.29) is 12.4 Å². The van der Waals surface area contributed by atoms with Crippen LogP contribution in [0.15, 0.2) is 24.3 Å². The molecule has 2 atom stereocenters. The first-order valence-corrected chi connectivity index (χ1v) is 9.46. The maximum atomic E-state index is 13.8. The topological polar surface area (TPSA) is 41.6 Å². The number of carbonyl (C=O) groups excluding carboxylic acids is 1. The summed E-state index contributed by atoms with van der Waals surface area (Å²) in [6.45, 7) is 3.21. The zero-order valence-electron chi connectivity index (χ0n) is 14.4. The maximum Gasteiger partial charge on any atom is 0.233 e. The average Bonchev–Trinajstić information content (AvgIpc) is 2.87. The summed E-state index contributed by atoms with van der Waals surface area (Å²) in [5.74, 6) is 0.296. The fourth-order valence-corrected chi connectivity index (χ4v) is 4.88. The van der Waals surface area contributed by atoms with Crippen molar-refractivity contribution in [1.29, 1.82) is 0 Å². The summed E-state index contributed by atoms with van der Waals surface area (Å²) in [7, 11) is 0. The molecule has 0 aromatic heterocycles. The van der Waals surface area contributed by atoms with Crippen LogP contribution in [0, 0.1) is 0 Å². The van der Waals surface area contributed by atoms with E-state index in [1.54, 1.807) is 0 Å². The van der Waals surface area contributed by atoms with Gasteiger partial charge in [0.2, 0.25) is 5.91 Å². The Morgan fingerprint density at radius 1 is 1.20 bits per heavy atom. The van der Waals surface area contributed by atoms with Gasteiger partial charge in [0.05, 0.1) is 5.41 Å². The fraction of sp³-hybridized carbons (Fsp3) is 0.632. The first-order valence-electron chi connectivity index (χ1n) is 9.08. The molecule has 25 heavy (non-hydrogen) atoms. The highest BCUT2D eigenvalue weighted by molar-refractivity contribution is 6.30. The van der Waals surface area contributed by atoms with Crippen LogP contribution in [0.2, 0.25) is 5.02 Å². The summed E-state index contributed by atoms with van der Waals surface area (Å²) in [5, 5.41) is 4.19. The summed E-state index contributed by atoms with van der Waals surface area (Å²) in [4.78, 5) is 16.0. The maximum absolute atomic E-state index is 13.8. The van der Waals surface area contributed by atoms with Crippen LogP contribution in [0.4, 0.5) is 0 Å². The van der Waals surface area contributed by atoms with Crippen LogP contribution in [0.1, 0.15) is 37.7 Å². The second-order valence-electron chi connectivity index (χ2n) is 7.30. The highest BCUT2D eigenvalue weighted by atomic mass is 35.5.